The number of carboxylic acids is 1. The molecule has 1 aliphatic rings. The molecule has 0 amide bonds. The molecule has 1 heterocycles. The van der Waals surface area contributed by atoms with Crippen molar-refractivity contribution in [3.63, 3.8) is 0 Å². The number of carbonyl (C=O) groups is 1. The first-order valence-corrected chi connectivity index (χ1v) is 15.8. The summed E-state index contributed by atoms with van der Waals surface area (Å²) in [6, 6.07) is 19.3. The normalized spacial score (nSPS) is 15.5. The van der Waals surface area contributed by atoms with E-state index in [4.69, 9.17) is 14.2 Å². The quantitative estimate of drug-likeness (QED) is 0.205. The van der Waals surface area contributed by atoms with E-state index in [-0.39, 0.29) is 11.4 Å². The molecule has 1 atom stereocenters. The highest BCUT2D eigenvalue weighted by molar-refractivity contribution is 7.89. The van der Waals surface area contributed by atoms with Crippen molar-refractivity contribution in [1.82, 2.24) is 4.31 Å². The molecule has 41 heavy (non-hydrogen) atoms. The van der Waals surface area contributed by atoms with Gasteiger partial charge in [-0.05, 0) is 85.3 Å². The predicted octanol–water partition coefficient (Wildman–Crippen LogP) is 6.47. The van der Waals surface area contributed by atoms with Crippen LogP contribution in [0.3, 0.4) is 0 Å². The molecule has 0 radical (unpaired) electrons. The Labute approximate surface area is 242 Å². The summed E-state index contributed by atoms with van der Waals surface area (Å²) in [6.45, 7) is 5.24. The lowest BCUT2D eigenvalue weighted by Gasteiger charge is -2.22. The number of ether oxygens (including phenoxy) is 3. The van der Waals surface area contributed by atoms with Crippen molar-refractivity contribution in [3.8, 4) is 23.0 Å². The van der Waals surface area contributed by atoms with Crippen LogP contribution in [0, 0.1) is 0 Å². The molecule has 1 fully saturated rings. The van der Waals surface area contributed by atoms with Gasteiger partial charge in [-0.3, -0.25) is 4.79 Å². The Morgan fingerprint density at radius 2 is 1.51 bits per heavy atom. The van der Waals surface area contributed by atoms with Gasteiger partial charge in [-0.25, -0.2) is 8.42 Å². The van der Waals surface area contributed by atoms with Crippen molar-refractivity contribution in [1.29, 1.82) is 0 Å². The summed E-state index contributed by atoms with van der Waals surface area (Å²) < 4.78 is 45.7. The minimum Gasteiger partial charge on any atom is -0.493 e. The molecule has 1 N–H and O–H groups in total. The lowest BCUT2D eigenvalue weighted by molar-refractivity contribution is -0.140. The van der Waals surface area contributed by atoms with Gasteiger partial charge in [0, 0.05) is 13.0 Å². The van der Waals surface area contributed by atoms with Crippen LogP contribution in [-0.4, -0.2) is 49.6 Å². The van der Waals surface area contributed by atoms with E-state index in [0.29, 0.717) is 44.6 Å². The van der Waals surface area contributed by atoms with Crippen LogP contribution in [0.5, 0.6) is 23.0 Å². The highest BCUT2D eigenvalue weighted by atomic mass is 32.2. The van der Waals surface area contributed by atoms with Crippen LogP contribution in [0.25, 0.3) is 0 Å². The summed E-state index contributed by atoms with van der Waals surface area (Å²) in [4.78, 5) is 11.7. The van der Waals surface area contributed by atoms with Crippen LogP contribution in [0.1, 0.15) is 57.1 Å². The van der Waals surface area contributed by atoms with E-state index in [1.165, 1.54) is 6.07 Å². The number of rotatable bonds is 15. The molecule has 220 valence electrons. The monoisotopic (exact) mass is 581 g/mol. The number of nitrogens with zero attached hydrogens (tertiary/aromatic N) is 1. The van der Waals surface area contributed by atoms with Crippen LogP contribution < -0.4 is 14.2 Å². The van der Waals surface area contributed by atoms with Crippen LogP contribution in [0.4, 0.5) is 0 Å². The van der Waals surface area contributed by atoms with Gasteiger partial charge in [-0.15, -0.1) is 0 Å². The SMILES string of the molecule is CCCc1cc(Oc2ccccc2)ccc1OCCCOc1ccc(S(=O)(=O)N2CCCC2C(=O)O)cc1CCC. The van der Waals surface area contributed by atoms with Crippen molar-refractivity contribution in [2.24, 2.45) is 0 Å². The minimum absolute atomic E-state index is 0.105. The van der Waals surface area contributed by atoms with Crippen LogP contribution in [-0.2, 0) is 27.7 Å². The maximum absolute atomic E-state index is 13.2. The first-order valence-electron chi connectivity index (χ1n) is 14.3. The third kappa shape index (κ3) is 7.80. The second-order valence-corrected chi connectivity index (χ2v) is 12.0. The fraction of sp³-hybridized carbons (Fsp3) is 0.406. The van der Waals surface area contributed by atoms with E-state index < -0.39 is 22.0 Å². The molecule has 0 spiro atoms. The number of benzene rings is 3. The molecule has 8 nitrogen and oxygen atoms in total. The van der Waals surface area contributed by atoms with Crippen LogP contribution in [0.2, 0.25) is 0 Å². The highest BCUT2D eigenvalue weighted by Crippen LogP contribution is 2.31. The fourth-order valence-corrected chi connectivity index (χ4v) is 6.71. The Hall–Kier alpha value is -3.56. The zero-order chi connectivity index (χ0) is 29.2. The molecule has 0 aromatic heterocycles. The zero-order valence-corrected chi connectivity index (χ0v) is 24.6. The lowest BCUT2D eigenvalue weighted by atomic mass is 10.1. The molecule has 9 heteroatoms. The molecule has 0 aliphatic carbocycles. The van der Waals surface area contributed by atoms with Crippen molar-refractivity contribution >= 4 is 16.0 Å². The Balaban J connectivity index is 1.35. The molecular weight excluding hydrogens is 542 g/mol. The maximum atomic E-state index is 13.2. The smallest absolute Gasteiger partial charge is 0.322 e. The Bertz CT molecular complexity index is 1410. The Morgan fingerprint density at radius 1 is 0.878 bits per heavy atom. The molecule has 1 saturated heterocycles. The second-order valence-electron chi connectivity index (χ2n) is 10.1. The van der Waals surface area contributed by atoms with Gasteiger partial charge in [0.25, 0.3) is 0 Å². The van der Waals surface area contributed by atoms with Crippen molar-refractivity contribution < 1.29 is 32.5 Å². The van der Waals surface area contributed by atoms with E-state index in [2.05, 4.69) is 6.92 Å². The summed E-state index contributed by atoms with van der Waals surface area (Å²) >= 11 is 0. The topological polar surface area (TPSA) is 102 Å². The highest BCUT2D eigenvalue weighted by Gasteiger charge is 2.39. The lowest BCUT2D eigenvalue weighted by Crippen LogP contribution is -2.40. The summed E-state index contributed by atoms with van der Waals surface area (Å²) in [5.41, 5.74) is 1.88. The molecule has 1 aliphatic heterocycles. The summed E-state index contributed by atoms with van der Waals surface area (Å²) in [6.07, 6.45) is 4.82. The molecule has 0 saturated carbocycles. The Kier molecular flexibility index (Phi) is 10.7. The number of hydrogen-bond donors (Lipinski definition) is 1. The standard InChI is InChI=1S/C32H39NO7S/c1-3-10-24-22-27(40-26-12-6-5-7-13-26)15-17-30(24)38-20-9-21-39-31-18-16-28(23-25(31)11-4-2)41(36,37)33-19-8-14-29(33)32(34)35/h5-7,12-13,15-18,22-23,29H,3-4,8-11,14,19-21H2,1-2H3,(H,34,35). The van der Waals surface area contributed by atoms with Gasteiger partial charge in [0.15, 0.2) is 0 Å². The molecule has 3 aromatic carbocycles. The van der Waals surface area contributed by atoms with E-state index in [1.54, 1.807) is 12.1 Å². The van der Waals surface area contributed by atoms with Crippen LogP contribution in [0.15, 0.2) is 71.6 Å². The molecule has 0 bridgehead atoms. The summed E-state index contributed by atoms with van der Waals surface area (Å²) in [7, 11) is -3.91. The van der Waals surface area contributed by atoms with Gasteiger partial charge in [-0.1, -0.05) is 44.9 Å². The van der Waals surface area contributed by atoms with Gasteiger partial charge in [0.05, 0.1) is 18.1 Å². The van der Waals surface area contributed by atoms with Crippen molar-refractivity contribution in [3.05, 3.63) is 77.9 Å². The third-order valence-corrected chi connectivity index (χ3v) is 8.88. The molecule has 1 unspecified atom stereocenters. The molecular formula is C32H39NO7S. The number of aliphatic carboxylic acids is 1. The number of hydrogen-bond acceptors (Lipinski definition) is 6. The molecule has 3 aromatic rings. The van der Waals surface area contributed by atoms with Gasteiger partial charge >= 0.3 is 5.97 Å². The third-order valence-electron chi connectivity index (χ3n) is 6.98. The average Bonchev–Trinajstić information content (AvgIpc) is 3.47. The van der Waals surface area contributed by atoms with E-state index >= 15 is 0 Å². The van der Waals surface area contributed by atoms with E-state index in [0.717, 1.165) is 51.9 Å². The first kappa shape index (κ1) is 30.4. The second kappa shape index (κ2) is 14.4. The van der Waals surface area contributed by atoms with Gasteiger partial charge in [0.2, 0.25) is 10.0 Å². The number of sulfonamides is 1. The minimum atomic E-state index is -3.91. The number of aryl methyl sites for hydroxylation is 2. The Morgan fingerprint density at radius 3 is 2.15 bits per heavy atom. The van der Waals surface area contributed by atoms with Crippen molar-refractivity contribution in [2.75, 3.05) is 19.8 Å². The zero-order valence-electron chi connectivity index (χ0n) is 23.8. The van der Waals surface area contributed by atoms with Crippen LogP contribution >= 0.6 is 0 Å². The number of carboxylic acid groups (broad SMARTS) is 1. The number of para-hydroxylation sites is 1. The van der Waals surface area contributed by atoms with Gasteiger partial charge < -0.3 is 19.3 Å². The van der Waals surface area contributed by atoms with Gasteiger partial charge in [-0.2, -0.15) is 4.31 Å². The summed E-state index contributed by atoms with van der Waals surface area (Å²) in [5, 5.41) is 9.46. The van der Waals surface area contributed by atoms with E-state index in [9.17, 15) is 18.3 Å². The van der Waals surface area contributed by atoms with E-state index in [1.807, 2.05) is 55.5 Å². The summed E-state index contributed by atoms with van der Waals surface area (Å²) in [5.74, 6) is 1.91. The molecule has 4 rings (SSSR count). The average molecular weight is 582 g/mol. The first-order chi connectivity index (χ1) is 19.8. The maximum Gasteiger partial charge on any atom is 0.322 e. The van der Waals surface area contributed by atoms with Gasteiger partial charge in [0.1, 0.15) is 29.0 Å². The fourth-order valence-electron chi connectivity index (χ4n) is 5.00. The largest absolute Gasteiger partial charge is 0.493 e. The predicted molar refractivity (Wildman–Crippen MR) is 158 cm³/mol. The van der Waals surface area contributed by atoms with Crippen molar-refractivity contribution in [2.45, 2.75) is 69.7 Å².